The normalized spacial score (nSPS) is 10.7. The van der Waals surface area contributed by atoms with Crippen LogP contribution in [-0.2, 0) is 12.8 Å². The molecule has 0 aliphatic heterocycles. The molecule has 0 aliphatic carbocycles. The molecule has 7 heteroatoms. The molecule has 0 unspecified atom stereocenters. The number of carboxylic acid groups (broad SMARTS) is 1. The van der Waals surface area contributed by atoms with Crippen LogP contribution in [0.5, 0.6) is 5.75 Å². The first kappa shape index (κ1) is 18.5. The van der Waals surface area contributed by atoms with Gasteiger partial charge in [0.05, 0.1) is 5.56 Å². The average molecular weight is 320 g/mol. The Kier molecular flexibility index (Phi) is 6.47. The molecule has 0 radical (unpaired) electrons. The van der Waals surface area contributed by atoms with E-state index in [4.69, 9.17) is 9.84 Å². The minimum absolute atomic E-state index is 0. The van der Waals surface area contributed by atoms with Crippen molar-refractivity contribution in [3.05, 3.63) is 65.2 Å². The van der Waals surface area contributed by atoms with Crippen LogP contribution in [0, 0.1) is 0 Å². The quantitative estimate of drug-likeness (QED) is 0.879. The van der Waals surface area contributed by atoms with Gasteiger partial charge >= 0.3 is 41.7 Å². The summed E-state index contributed by atoms with van der Waals surface area (Å²) in [6, 6.07) is 11.3. The number of halogens is 3. The first-order valence-corrected chi connectivity index (χ1v) is 5.99. The Morgan fingerprint density at radius 1 is 1.09 bits per heavy atom. The van der Waals surface area contributed by atoms with Crippen LogP contribution in [0.1, 0.15) is 21.5 Å². The van der Waals surface area contributed by atoms with E-state index in [1.54, 1.807) is 24.3 Å². The zero-order valence-corrected chi connectivity index (χ0v) is 10.7. The van der Waals surface area contributed by atoms with Crippen molar-refractivity contribution in [3.63, 3.8) is 0 Å². The van der Waals surface area contributed by atoms with E-state index in [1.165, 1.54) is 0 Å². The van der Waals surface area contributed by atoms with E-state index >= 15 is 0 Å². The van der Waals surface area contributed by atoms with Crippen molar-refractivity contribution in [2.45, 2.75) is 12.8 Å². The van der Waals surface area contributed by atoms with Crippen LogP contribution in [0.25, 0.3) is 0 Å². The van der Waals surface area contributed by atoms with Crippen molar-refractivity contribution in [2.75, 3.05) is 0 Å². The first-order valence-electron chi connectivity index (χ1n) is 5.99. The summed E-state index contributed by atoms with van der Waals surface area (Å²) in [7, 11) is 0. The molecule has 0 atom stereocenters. The Morgan fingerprint density at radius 2 is 1.73 bits per heavy atom. The summed E-state index contributed by atoms with van der Waals surface area (Å²) in [5, 5.41) is 9.01. The summed E-state index contributed by atoms with van der Waals surface area (Å²) in [6.45, 7) is 0.0759. The minimum atomic E-state index is -4.60. The molecule has 0 aliphatic rings. The molecule has 0 saturated heterocycles. The molecule has 2 rings (SSSR count). The molecule has 2 aromatic rings. The summed E-state index contributed by atoms with van der Waals surface area (Å²) in [4.78, 5) is 11.1. The van der Waals surface area contributed by atoms with Gasteiger partial charge < -0.3 is 9.84 Å². The Hall–Kier alpha value is -1.50. The molecule has 0 spiro atoms. The van der Waals surface area contributed by atoms with Gasteiger partial charge in [-0.1, -0.05) is 30.3 Å². The number of hydrogen-bond donors (Lipinski definition) is 1. The van der Waals surface area contributed by atoms with Gasteiger partial charge in [-0.05, 0) is 23.8 Å². The van der Waals surface area contributed by atoms with Gasteiger partial charge in [-0.25, -0.2) is 4.79 Å². The third kappa shape index (κ3) is 4.76. The third-order valence-corrected chi connectivity index (χ3v) is 2.77. The number of carboxylic acids is 1. The van der Waals surface area contributed by atoms with Crippen LogP contribution in [0.4, 0.5) is 13.2 Å². The van der Waals surface area contributed by atoms with Crippen LogP contribution in [0.15, 0.2) is 48.5 Å². The molecule has 0 heterocycles. The van der Waals surface area contributed by atoms with Gasteiger partial charge in [0.2, 0.25) is 0 Å². The topological polar surface area (TPSA) is 46.5 Å². The van der Waals surface area contributed by atoms with E-state index in [-0.39, 0.29) is 41.9 Å². The molecular formula is C15H12F3NaO3. The van der Waals surface area contributed by atoms with Gasteiger partial charge in [0.1, 0.15) is 17.9 Å². The standard InChI is InChI=1S/C15H11F3O3.Na.H/c16-15(17,18)11-6-7-13(12(8-11)14(19)20)21-9-10-4-2-1-3-5-10;;/h1-8H,9H2,(H,19,20);;. The van der Waals surface area contributed by atoms with Crippen molar-refractivity contribution in [1.29, 1.82) is 0 Å². The van der Waals surface area contributed by atoms with E-state index in [2.05, 4.69) is 0 Å². The third-order valence-electron chi connectivity index (χ3n) is 2.77. The van der Waals surface area contributed by atoms with Gasteiger partial charge in [-0.3, -0.25) is 0 Å². The van der Waals surface area contributed by atoms with Crippen LogP contribution < -0.4 is 4.74 Å². The van der Waals surface area contributed by atoms with E-state index < -0.39 is 23.3 Å². The molecule has 0 fully saturated rings. The summed E-state index contributed by atoms with van der Waals surface area (Å²) in [5.41, 5.74) is -0.749. The van der Waals surface area contributed by atoms with Gasteiger partial charge in [-0.2, -0.15) is 13.2 Å². The predicted octanol–water partition coefficient (Wildman–Crippen LogP) is 3.33. The monoisotopic (exact) mass is 320 g/mol. The Bertz CT molecular complexity index is 642. The van der Waals surface area contributed by atoms with Crippen LogP contribution in [0.2, 0.25) is 0 Å². The molecule has 22 heavy (non-hydrogen) atoms. The van der Waals surface area contributed by atoms with Crippen molar-refractivity contribution in [3.8, 4) is 5.75 Å². The zero-order chi connectivity index (χ0) is 15.5. The SMILES string of the molecule is O=C(O)c1cc(C(F)(F)F)ccc1OCc1ccccc1.[NaH]. The second kappa shape index (κ2) is 7.67. The predicted molar refractivity (Wildman–Crippen MR) is 76.3 cm³/mol. The second-order valence-electron chi connectivity index (χ2n) is 4.29. The number of alkyl halides is 3. The van der Waals surface area contributed by atoms with E-state index in [1.807, 2.05) is 6.07 Å². The van der Waals surface area contributed by atoms with Crippen molar-refractivity contribution in [1.82, 2.24) is 0 Å². The average Bonchev–Trinajstić information content (AvgIpc) is 2.45. The molecule has 0 saturated carbocycles. The molecule has 112 valence electrons. The van der Waals surface area contributed by atoms with Crippen molar-refractivity contribution >= 4 is 35.5 Å². The summed E-state index contributed by atoms with van der Waals surface area (Å²) in [5.74, 6) is -1.57. The molecule has 0 bridgehead atoms. The van der Waals surface area contributed by atoms with Crippen LogP contribution in [0.3, 0.4) is 0 Å². The molecule has 3 nitrogen and oxygen atoms in total. The number of benzene rings is 2. The fourth-order valence-corrected chi connectivity index (χ4v) is 1.73. The zero-order valence-electron chi connectivity index (χ0n) is 10.7. The van der Waals surface area contributed by atoms with Gasteiger partial charge in [0.15, 0.2) is 0 Å². The first-order chi connectivity index (χ1) is 9.88. The second-order valence-corrected chi connectivity index (χ2v) is 4.29. The van der Waals surface area contributed by atoms with Gasteiger partial charge in [-0.15, -0.1) is 0 Å². The molecule has 1 N–H and O–H groups in total. The van der Waals surface area contributed by atoms with E-state index in [9.17, 15) is 18.0 Å². The summed E-state index contributed by atoms with van der Waals surface area (Å²) in [6.07, 6.45) is -4.60. The summed E-state index contributed by atoms with van der Waals surface area (Å²) >= 11 is 0. The molecule has 0 amide bonds. The number of hydrogen-bond acceptors (Lipinski definition) is 2. The van der Waals surface area contributed by atoms with E-state index in [0.29, 0.717) is 6.07 Å². The van der Waals surface area contributed by atoms with Crippen molar-refractivity contribution < 1.29 is 27.8 Å². The fourth-order valence-electron chi connectivity index (χ4n) is 1.73. The van der Waals surface area contributed by atoms with Gasteiger partial charge in [0, 0.05) is 0 Å². The fraction of sp³-hybridized carbons (Fsp3) is 0.133. The molecular weight excluding hydrogens is 308 g/mol. The maximum atomic E-state index is 12.6. The molecule has 0 aromatic heterocycles. The number of aromatic carboxylic acids is 1. The van der Waals surface area contributed by atoms with Gasteiger partial charge in [0.25, 0.3) is 0 Å². The maximum absolute atomic E-state index is 12.6. The Labute approximate surface area is 147 Å². The van der Waals surface area contributed by atoms with Crippen molar-refractivity contribution in [2.24, 2.45) is 0 Å². The Balaban J connectivity index is 0.00000242. The van der Waals surface area contributed by atoms with E-state index in [0.717, 1.165) is 17.7 Å². The van der Waals surface area contributed by atoms with Crippen LogP contribution in [-0.4, -0.2) is 40.6 Å². The molecule has 2 aromatic carbocycles. The van der Waals surface area contributed by atoms with Crippen LogP contribution >= 0.6 is 0 Å². The summed E-state index contributed by atoms with van der Waals surface area (Å²) < 4.78 is 43.0. The number of rotatable bonds is 4. The number of carbonyl (C=O) groups is 1. The number of ether oxygens (including phenoxy) is 1. The Morgan fingerprint density at radius 3 is 2.27 bits per heavy atom.